The Kier molecular flexibility index (Phi) is 5.13. The Bertz CT molecular complexity index is 933. The first-order valence-electron chi connectivity index (χ1n) is 8.82. The highest BCUT2D eigenvalue weighted by Gasteiger charge is 2.14. The van der Waals surface area contributed by atoms with Gasteiger partial charge in [-0.25, -0.2) is 4.98 Å². The molecule has 1 aliphatic heterocycles. The summed E-state index contributed by atoms with van der Waals surface area (Å²) >= 11 is 1.41. The number of morpholine rings is 1. The van der Waals surface area contributed by atoms with Crippen LogP contribution in [0.3, 0.4) is 0 Å². The molecule has 3 aromatic rings. The van der Waals surface area contributed by atoms with Crippen molar-refractivity contribution in [3.63, 3.8) is 0 Å². The van der Waals surface area contributed by atoms with Crippen LogP contribution in [0, 0.1) is 6.92 Å². The summed E-state index contributed by atoms with van der Waals surface area (Å²) in [5.74, 6) is -0.160. The Morgan fingerprint density at radius 3 is 2.70 bits per heavy atom. The van der Waals surface area contributed by atoms with Crippen LogP contribution in [0.15, 0.2) is 48.0 Å². The number of nitrogens with zero attached hydrogens (tertiary/aromatic N) is 3. The van der Waals surface area contributed by atoms with Crippen LogP contribution in [-0.4, -0.2) is 42.2 Å². The van der Waals surface area contributed by atoms with Crippen molar-refractivity contribution in [2.45, 2.75) is 6.92 Å². The number of carbonyl (C=O) groups excluding carboxylic acids is 1. The van der Waals surface area contributed by atoms with Gasteiger partial charge in [0, 0.05) is 47.2 Å². The molecule has 3 heterocycles. The zero-order chi connectivity index (χ0) is 18.6. The number of pyridine rings is 1. The number of hydrogen-bond acceptors (Lipinski definition) is 6. The summed E-state index contributed by atoms with van der Waals surface area (Å²) in [6, 6.07) is 11.5. The van der Waals surface area contributed by atoms with Gasteiger partial charge in [-0.3, -0.25) is 15.1 Å². The fraction of sp³-hybridized carbons (Fsp3) is 0.250. The molecule has 0 atom stereocenters. The van der Waals surface area contributed by atoms with E-state index in [0.29, 0.717) is 10.7 Å². The molecule has 138 valence electrons. The van der Waals surface area contributed by atoms with Crippen molar-refractivity contribution in [2.24, 2.45) is 0 Å². The molecular weight excluding hydrogens is 360 g/mol. The van der Waals surface area contributed by atoms with Crippen molar-refractivity contribution >= 4 is 28.1 Å². The number of anilines is 2. The zero-order valence-electron chi connectivity index (χ0n) is 15.0. The molecule has 27 heavy (non-hydrogen) atoms. The van der Waals surface area contributed by atoms with Gasteiger partial charge in [0.2, 0.25) is 0 Å². The average molecular weight is 380 g/mol. The van der Waals surface area contributed by atoms with E-state index in [4.69, 9.17) is 4.74 Å². The second kappa shape index (κ2) is 7.85. The fourth-order valence-electron chi connectivity index (χ4n) is 3.02. The molecule has 1 N–H and O–H groups in total. The highest BCUT2D eigenvalue weighted by Crippen LogP contribution is 2.26. The van der Waals surface area contributed by atoms with Crippen LogP contribution < -0.4 is 10.2 Å². The maximum Gasteiger partial charge on any atom is 0.257 e. The van der Waals surface area contributed by atoms with E-state index in [2.05, 4.69) is 20.2 Å². The van der Waals surface area contributed by atoms with Gasteiger partial charge in [-0.1, -0.05) is 0 Å². The molecule has 6 nitrogen and oxygen atoms in total. The number of amides is 1. The standard InChI is InChI=1S/C20H20N4O2S/c1-14-17(3-2-8-21-14)18-13-27-20(22-18)23-19(25)15-4-6-16(7-5-15)24-9-11-26-12-10-24/h2-8,13H,9-12H2,1H3,(H,22,23,25). The number of carbonyl (C=O) groups is 1. The second-order valence-corrected chi connectivity index (χ2v) is 7.13. The van der Waals surface area contributed by atoms with Crippen molar-refractivity contribution in [3.8, 4) is 11.3 Å². The third-order valence-electron chi connectivity index (χ3n) is 4.51. The van der Waals surface area contributed by atoms with Crippen molar-refractivity contribution in [2.75, 3.05) is 36.5 Å². The van der Waals surface area contributed by atoms with Crippen molar-refractivity contribution in [3.05, 3.63) is 59.2 Å². The molecule has 0 aliphatic carbocycles. The van der Waals surface area contributed by atoms with Crippen LogP contribution in [-0.2, 0) is 4.74 Å². The third-order valence-corrected chi connectivity index (χ3v) is 5.27. The van der Waals surface area contributed by atoms with Gasteiger partial charge in [0.1, 0.15) is 0 Å². The monoisotopic (exact) mass is 380 g/mol. The summed E-state index contributed by atoms with van der Waals surface area (Å²) in [7, 11) is 0. The molecule has 7 heteroatoms. The molecule has 0 spiro atoms. The maximum atomic E-state index is 12.5. The van der Waals surface area contributed by atoms with E-state index in [-0.39, 0.29) is 5.91 Å². The number of thiazole rings is 1. The number of ether oxygens (including phenoxy) is 1. The molecule has 1 amide bonds. The SMILES string of the molecule is Cc1ncccc1-c1csc(NC(=O)c2ccc(N3CCOCC3)cc2)n1. The predicted octanol–water partition coefficient (Wildman–Crippen LogP) is 3.60. The number of benzene rings is 1. The topological polar surface area (TPSA) is 67.4 Å². The Hall–Kier alpha value is -2.77. The van der Waals surface area contributed by atoms with Crippen molar-refractivity contribution in [1.82, 2.24) is 9.97 Å². The van der Waals surface area contributed by atoms with Crippen LogP contribution in [0.4, 0.5) is 10.8 Å². The number of nitrogens with one attached hydrogen (secondary N) is 1. The van der Waals surface area contributed by atoms with Crippen LogP contribution in [0.1, 0.15) is 16.1 Å². The van der Waals surface area contributed by atoms with Gasteiger partial charge < -0.3 is 9.64 Å². The lowest BCUT2D eigenvalue weighted by Gasteiger charge is -2.28. The van der Waals surface area contributed by atoms with E-state index >= 15 is 0 Å². The predicted molar refractivity (Wildman–Crippen MR) is 108 cm³/mol. The van der Waals surface area contributed by atoms with Gasteiger partial charge >= 0.3 is 0 Å². The number of aryl methyl sites for hydroxylation is 1. The first-order valence-corrected chi connectivity index (χ1v) is 9.70. The summed E-state index contributed by atoms with van der Waals surface area (Å²) in [4.78, 5) is 23.6. The summed E-state index contributed by atoms with van der Waals surface area (Å²) in [5, 5.41) is 5.39. The van der Waals surface area contributed by atoms with Gasteiger partial charge in [0.25, 0.3) is 5.91 Å². The first kappa shape index (κ1) is 17.6. The van der Waals surface area contributed by atoms with Crippen LogP contribution >= 0.6 is 11.3 Å². The summed E-state index contributed by atoms with van der Waals surface area (Å²) in [6.45, 7) is 5.18. The van der Waals surface area contributed by atoms with Crippen molar-refractivity contribution in [1.29, 1.82) is 0 Å². The van der Waals surface area contributed by atoms with Crippen molar-refractivity contribution < 1.29 is 9.53 Å². The molecule has 0 bridgehead atoms. The van der Waals surface area contributed by atoms with E-state index in [1.807, 2.05) is 48.7 Å². The van der Waals surface area contributed by atoms with Crippen LogP contribution in [0.25, 0.3) is 11.3 Å². The number of rotatable bonds is 4. The zero-order valence-corrected chi connectivity index (χ0v) is 15.8. The highest BCUT2D eigenvalue weighted by atomic mass is 32.1. The van der Waals surface area contributed by atoms with Gasteiger partial charge in [-0.15, -0.1) is 11.3 Å². The normalized spacial score (nSPS) is 14.2. The lowest BCUT2D eigenvalue weighted by molar-refractivity contribution is 0.102. The van der Waals surface area contributed by atoms with Gasteiger partial charge in [-0.2, -0.15) is 0 Å². The summed E-state index contributed by atoms with van der Waals surface area (Å²) in [6.07, 6.45) is 1.76. The molecule has 0 unspecified atom stereocenters. The lowest BCUT2D eigenvalue weighted by Crippen LogP contribution is -2.36. The molecule has 4 rings (SSSR count). The molecular formula is C20H20N4O2S. The second-order valence-electron chi connectivity index (χ2n) is 6.27. The van der Waals surface area contributed by atoms with Gasteiger partial charge in [-0.05, 0) is 43.3 Å². The number of hydrogen-bond donors (Lipinski definition) is 1. The third kappa shape index (κ3) is 3.99. The summed E-state index contributed by atoms with van der Waals surface area (Å²) in [5.41, 5.74) is 4.44. The maximum absolute atomic E-state index is 12.5. The first-order chi connectivity index (χ1) is 13.2. The fourth-order valence-corrected chi connectivity index (χ4v) is 3.73. The van der Waals surface area contributed by atoms with E-state index in [1.165, 1.54) is 11.3 Å². The van der Waals surface area contributed by atoms with Gasteiger partial charge in [0.05, 0.1) is 18.9 Å². The average Bonchev–Trinajstić information content (AvgIpc) is 3.17. The van der Waals surface area contributed by atoms with E-state index in [0.717, 1.165) is 48.9 Å². The Morgan fingerprint density at radius 1 is 1.19 bits per heavy atom. The van der Waals surface area contributed by atoms with Gasteiger partial charge in [0.15, 0.2) is 5.13 Å². The number of aromatic nitrogens is 2. The molecule has 1 saturated heterocycles. The molecule has 1 aliphatic rings. The highest BCUT2D eigenvalue weighted by molar-refractivity contribution is 7.14. The lowest BCUT2D eigenvalue weighted by atomic mass is 10.1. The van der Waals surface area contributed by atoms with E-state index < -0.39 is 0 Å². The minimum atomic E-state index is -0.160. The molecule has 1 aromatic carbocycles. The Morgan fingerprint density at radius 2 is 1.96 bits per heavy atom. The van der Waals surface area contributed by atoms with E-state index in [9.17, 15) is 4.79 Å². The molecule has 2 aromatic heterocycles. The summed E-state index contributed by atoms with van der Waals surface area (Å²) < 4.78 is 5.38. The minimum absolute atomic E-state index is 0.160. The quantitative estimate of drug-likeness (QED) is 0.749. The van der Waals surface area contributed by atoms with Crippen LogP contribution in [0.2, 0.25) is 0 Å². The van der Waals surface area contributed by atoms with E-state index in [1.54, 1.807) is 6.20 Å². The minimum Gasteiger partial charge on any atom is -0.378 e. The largest absolute Gasteiger partial charge is 0.378 e. The Balaban J connectivity index is 1.44. The molecule has 1 fully saturated rings. The smallest absolute Gasteiger partial charge is 0.257 e. The molecule has 0 saturated carbocycles. The Labute approximate surface area is 161 Å². The van der Waals surface area contributed by atoms with Crippen LogP contribution in [0.5, 0.6) is 0 Å². The molecule has 0 radical (unpaired) electrons.